The molecular formula is C18H28N4O9. The molecule has 0 bridgehead atoms. The third kappa shape index (κ3) is 8.03. The molecule has 0 radical (unpaired) electrons. The second-order valence-corrected chi connectivity index (χ2v) is 7.05. The van der Waals surface area contributed by atoms with Crippen molar-refractivity contribution in [3.63, 3.8) is 0 Å². The quantitative estimate of drug-likeness (QED) is 0.339. The Balaban J connectivity index is 0.000000311. The van der Waals surface area contributed by atoms with E-state index in [2.05, 4.69) is 25.7 Å². The number of nitrogens with zero attached hydrogens (tertiary/aromatic N) is 4. The molecule has 1 unspecified atom stereocenters. The molecular weight excluding hydrogens is 416 g/mol. The monoisotopic (exact) mass is 444 g/mol. The molecule has 31 heavy (non-hydrogen) atoms. The van der Waals surface area contributed by atoms with E-state index in [-0.39, 0.29) is 0 Å². The topological polar surface area (TPSA) is 171 Å². The lowest BCUT2D eigenvalue weighted by Gasteiger charge is -2.36. The first kappa shape index (κ1) is 26.1. The van der Waals surface area contributed by atoms with Crippen molar-refractivity contribution >= 4 is 17.1 Å². The minimum absolute atomic E-state index is 0.447. The lowest BCUT2D eigenvalue weighted by Crippen LogP contribution is -2.46. The highest BCUT2D eigenvalue weighted by Gasteiger charge is 2.30. The number of nitro groups is 3. The summed E-state index contributed by atoms with van der Waals surface area (Å²) in [4.78, 5) is 30.3. The predicted octanol–water partition coefficient (Wildman–Crippen LogP) is 2.89. The Hall–Kier alpha value is -2.90. The first-order valence-corrected chi connectivity index (χ1v) is 9.79. The average Bonchev–Trinajstić information content (AvgIpc) is 2.71. The van der Waals surface area contributed by atoms with Gasteiger partial charge in [-0.05, 0) is 19.3 Å². The van der Waals surface area contributed by atoms with Crippen molar-refractivity contribution in [2.75, 3.05) is 39.5 Å². The van der Waals surface area contributed by atoms with Crippen LogP contribution >= 0.6 is 0 Å². The van der Waals surface area contributed by atoms with Gasteiger partial charge in [0, 0.05) is 32.3 Å². The highest BCUT2D eigenvalue weighted by Crippen LogP contribution is 2.38. The molecule has 1 N–H and O–H groups in total. The number of hydrogen-bond donors (Lipinski definition) is 1. The molecule has 2 rings (SSSR count). The highest BCUT2D eigenvalue weighted by atomic mass is 16.6. The van der Waals surface area contributed by atoms with Gasteiger partial charge in [0.15, 0.2) is 0 Å². The fourth-order valence-electron chi connectivity index (χ4n) is 3.17. The van der Waals surface area contributed by atoms with Gasteiger partial charge in [0.2, 0.25) is 0 Å². The van der Waals surface area contributed by atoms with Crippen LogP contribution in [0.1, 0.15) is 27.2 Å². The molecule has 0 aromatic heterocycles. The van der Waals surface area contributed by atoms with E-state index >= 15 is 0 Å². The number of aromatic hydroxyl groups is 1. The predicted molar refractivity (Wildman–Crippen MR) is 110 cm³/mol. The molecule has 0 aliphatic carbocycles. The van der Waals surface area contributed by atoms with Crippen molar-refractivity contribution in [3.05, 3.63) is 42.5 Å². The van der Waals surface area contributed by atoms with Gasteiger partial charge >= 0.3 is 11.4 Å². The van der Waals surface area contributed by atoms with Crippen molar-refractivity contribution in [2.24, 2.45) is 5.92 Å². The maximum Gasteiger partial charge on any atom is 0.324 e. The summed E-state index contributed by atoms with van der Waals surface area (Å²) in [5.74, 6) is -0.510. The lowest BCUT2D eigenvalue weighted by molar-refractivity contribution is -0.404. The Bertz CT molecular complexity index is 731. The van der Waals surface area contributed by atoms with Crippen molar-refractivity contribution in [3.8, 4) is 5.75 Å². The van der Waals surface area contributed by atoms with Crippen LogP contribution < -0.4 is 0 Å². The van der Waals surface area contributed by atoms with Crippen molar-refractivity contribution in [1.29, 1.82) is 0 Å². The molecule has 0 amide bonds. The van der Waals surface area contributed by atoms with Crippen LogP contribution in [0.2, 0.25) is 0 Å². The molecule has 1 saturated heterocycles. The van der Waals surface area contributed by atoms with Gasteiger partial charge in [-0.1, -0.05) is 13.8 Å². The molecule has 13 heteroatoms. The summed E-state index contributed by atoms with van der Waals surface area (Å²) in [6.45, 7) is 12.3. The van der Waals surface area contributed by atoms with Gasteiger partial charge in [-0.3, -0.25) is 35.2 Å². The third-order valence-corrected chi connectivity index (χ3v) is 4.70. The first-order chi connectivity index (χ1) is 14.6. The van der Waals surface area contributed by atoms with Gasteiger partial charge < -0.3 is 14.6 Å². The van der Waals surface area contributed by atoms with Crippen molar-refractivity contribution in [1.82, 2.24) is 4.90 Å². The van der Waals surface area contributed by atoms with E-state index in [4.69, 9.17) is 14.6 Å². The number of phenolic OH excluding ortho intramolecular Hbond substituents is 1. The summed E-state index contributed by atoms with van der Waals surface area (Å²) in [5, 5.41) is 40.2. The number of phenols is 1. The number of hydrogen-bond acceptors (Lipinski definition) is 10. The van der Waals surface area contributed by atoms with E-state index in [9.17, 15) is 30.3 Å². The summed E-state index contributed by atoms with van der Waals surface area (Å²) in [6, 6.07) is 1.55. The normalized spacial score (nSPS) is 15.1. The fraction of sp³-hybridized carbons (Fsp3) is 0.667. The maximum absolute atomic E-state index is 10.4. The molecule has 1 aromatic carbocycles. The van der Waals surface area contributed by atoms with Crippen molar-refractivity contribution < 1.29 is 29.4 Å². The Morgan fingerprint density at radius 1 is 1.06 bits per heavy atom. The van der Waals surface area contributed by atoms with Crippen LogP contribution in [-0.4, -0.2) is 70.3 Å². The number of benzene rings is 1. The molecule has 0 spiro atoms. The standard InChI is InChI=1S/C12H25NO2.C6H3N3O7/c1-4-14-8-5-12(11(2)3)13-6-9-15-10-7-13;10-6-4(8(13)14)1-3(7(11)12)2-5(6)9(15)16/h11-12H,4-10H2,1-3H3;1-2,10H. The van der Waals surface area contributed by atoms with E-state index in [1.807, 2.05) is 0 Å². The zero-order chi connectivity index (χ0) is 23.6. The van der Waals surface area contributed by atoms with Gasteiger partial charge in [0.1, 0.15) is 0 Å². The van der Waals surface area contributed by atoms with Crippen LogP contribution in [0.3, 0.4) is 0 Å². The summed E-state index contributed by atoms with van der Waals surface area (Å²) < 4.78 is 10.8. The number of morpholine rings is 1. The van der Waals surface area contributed by atoms with Gasteiger partial charge in [-0.25, -0.2) is 0 Å². The van der Waals surface area contributed by atoms with Gasteiger partial charge in [-0.2, -0.15) is 0 Å². The van der Waals surface area contributed by atoms with Crippen LogP contribution in [0.4, 0.5) is 17.1 Å². The SMILES string of the molecule is CCOCCC(C(C)C)N1CCOCC1.O=[N+]([O-])c1cc([N+](=O)[O-])c(O)c([N+](=O)[O-])c1. The van der Waals surface area contributed by atoms with E-state index < -0.39 is 37.6 Å². The van der Waals surface area contributed by atoms with Crippen LogP contribution in [0, 0.1) is 36.3 Å². The molecule has 1 aliphatic heterocycles. The molecule has 1 heterocycles. The van der Waals surface area contributed by atoms with Crippen LogP contribution in [0.15, 0.2) is 12.1 Å². The van der Waals surface area contributed by atoms with E-state index in [1.54, 1.807) is 0 Å². The maximum atomic E-state index is 10.4. The number of nitro benzene ring substituents is 3. The van der Waals surface area contributed by atoms with E-state index in [0.29, 0.717) is 24.1 Å². The molecule has 1 fully saturated rings. The van der Waals surface area contributed by atoms with E-state index in [0.717, 1.165) is 45.9 Å². The van der Waals surface area contributed by atoms with E-state index in [1.165, 1.54) is 0 Å². The molecule has 1 atom stereocenters. The molecule has 0 saturated carbocycles. The molecule has 1 aromatic rings. The zero-order valence-electron chi connectivity index (χ0n) is 17.8. The second-order valence-electron chi connectivity index (χ2n) is 7.05. The first-order valence-electron chi connectivity index (χ1n) is 9.79. The Kier molecular flexibility index (Phi) is 10.7. The van der Waals surface area contributed by atoms with Crippen LogP contribution in [-0.2, 0) is 9.47 Å². The van der Waals surface area contributed by atoms with Gasteiger partial charge in [0.25, 0.3) is 11.4 Å². The average molecular weight is 444 g/mol. The summed E-state index contributed by atoms with van der Waals surface area (Å²) in [6.07, 6.45) is 1.14. The second kappa shape index (κ2) is 12.7. The molecule has 174 valence electrons. The smallest absolute Gasteiger partial charge is 0.324 e. The number of non-ortho nitro benzene ring substituents is 1. The summed E-state index contributed by atoms with van der Waals surface area (Å²) in [5.41, 5.74) is -3.00. The Morgan fingerprint density at radius 2 is 1.58 bits per heavy atom. The largest absolute Gasteiger partial charge is 0.497 e. The van der Waals surface area contributed by atoms with Crippen molar-refractivity contribution in [2.45, 2.75) is 33.2 Å². The molecule has 1 aliphatic rings. The van der Waals surface area contributed by atoms with Gasteiger partial charge in [0.05, 0.1) is 40.1 Å². The van der Waals surface area contributed by atoms with Gasteiger partial charge in [-0.15, -0.1) is 0 Å². The lowest BCUT2D eigenvalue weighted by atomic mass is 9.99. The minimum Gasteiger partial charge on any atom is -0.497 e. The summed E-state index contributed by atoms with van der Waals surface area (Å²) >= 11 is 0. The minimum atomic E-state index is -1.21. The third-order valence-electron chi connectivity index (χ3n) is 4.70. The fourth-order valence-corrected chi connectivity index (χ4v) is 3.17. The Labute approximate surface area is 179 Å². The molecule has 13 nitrogen and oxygen atoms in total. The zero-order valence-corrected chi connectivity index (χ0v) is 17.8. The summed E-state index contributed by atoms with van der Waals surface area (Å²) in [7, 11) is 0. The van der Waals surface area contributed by atoms with Crippen LogP contribution in [0.5, 0.6) is 5.75 Å². The number of rotatable bonds is 9. The van der Waals surface area contributed by atoms with Crippen LogP contribution in [0.25, 0.3) is 0 Å². The highest BCUT2D eigenvalue weighted by molar-refractivity contribution is 5.64. The Morgan fingerprint density at radius 3 is 1.97 bits per heavy atom. The number of ether oxygens (including phenoxy) is 2.